The van der Waals surface area contributed by atoms with E-state index in [1.54, 1.807) is 19.9 Å². The summed E-state index contributed by atoms with van der Waals surface area (Å²) in [5, 5.41) is 0. The summed E-state index contributed by atoms with van der Waals surface area (Å²) in [5.74, 6) is 0. The van der Waals surface area contributed by atoms with E-state index in [9.17, 15) is 40.5 Å². The van der Waals surface area contributed by atoms with Gasteiger partial charge in [0.15, 0.2) is 0 Å². The summed E-state index contributed by atoms with van der Waals surface area (Å²) in [5.41, 5.74) is 1.70. The molecule has 1 N–H and O–H groups in total. The first-order chi connectivity index (χ1) is 19.3. The minimum Gasteiger partial charge on any atom is -0.550 e. The number of hydrogen-bond donors (Lipinski definition) is 1. The molecule has 0 heterocycles. The lowest BCUT2D eigenvalue weighted by molar-refractivity contribution is 0.0534. The van der Waals surface area contributed by atoms with Crippen LogP contribution in [0, 0.1) is 0 Å². The Labute approximate surface area is 261 Å². The molecule has 18 nitrogen and oxygen atoms in total. The molecule has 0 radical (unpaired) electrons. The Morgan fingerprint density at radius 1 is 0.786 bits per heavy atom. The molecular formula is C11H34O18Si13. The second kappa shape index (κ2) is 27.2. The predicted molar refractivity (Wildman–Crippen MR) is 159 cm³/mol. The molecule has 0 aromatic carbocycles. The summed E-state index contributed by atoms with van der Waals surface area (Å²) in [6.07, 6.45) is 0. The third kappa shape index (κ3) is 21.6. The van der Waals surface area contributed by atoms with Crippen LogP contribution in [0.1, 0.15) is 0 Å². The minimum absolute atomic E-state index is 1.23. The Hall–Kier alpha value is -0.0805. The summed E-state index contributed by atoms with van der Waals surface area (Å²) in [7, 11) is -29.4. The van der Waals surface area contributed by atoms with Gasteiger partial charge in [0.1, 0.15) is 0 Å². The molecular weight excluding hydrogens is 785 g/mol. The third-order valence-electron chi connectivity index (χ3n) is 3.75. The number of rotatable bonds is 17. The minimum atomic E-state index is -3.61. The van der Waals surface area contributed by atoms with E-state index in [2.05, 4.69) is 15.7 Å². The Morgan fingerprint density at radius 3 is 1.45 bits per heavy atom. The van der Waals surface area contributed by atoms with Gasteiger partial charge in [0, 0.05) is 35.5 Å². The van der Waals surface area contributed by atoms with Crippen molar-refractivity contribution in [2.24, 2.45) is 0 Å². The number of hydrogen-bond acceptors (Lipinski definition) is 18. The highest BCUT2D eigenvalue weighted by Gasteiger charge is 2.51. The third-order valence-corrected chi connectivity index (χ3v) is 74.6. The first-order valence-corrected chi connectivity index (χ1v) is 39.6. The lowest BCUT2D eigenvalue weighted by Crippen LogP contribution is -2.56. The van der Waals surface area contributed by atoms with E-state index in [0.717, 1.165) is 0 Å². The van der Waals surface area contributed by atoms with Crippen LogP contribution in [-0.2, 0) is 75.3 Å². The van der Waals surface area contributed by atoms with Gasteiger partial charge in [0.2, 0.25) is 26.2 Å². The molecule has 0 aliphatic rings. The highest BCUT2D eigenvalue weighted by Crippen LogP contribution is 2.06. The smallest absolute Gasteiger partial charge is 0.550 e. The first kappa shape index (κ1) is 48.8. The predicted octanol–water partition coefficient (Wildman–Crippen LogP) is -4.55. The van der Waals surface area contributed by atoms with E-state index in [4.69, 9.17) is 30.4 Å². The molecule has 1 unspecified atom stereocenters. The zero-order valence-electron chi connectivity index (χ0n) is 24.5. The van der Waals surface area contributed by atoms with Gasteiger partial charge in [-0.15, -0.1) is 6.58 Å². The summed E-state index contributed by atoms with van der Waals surface area (Å²) in [6.45, 7) is 7.85. The fraction of sp³-hybridized carbons (Fsp3) is 0.818. The summed E-state index contributed by atoms with van der Waals surface area (Å²) in [6, 6.07) is 0. The van der Waals surface area contributed by atoms with E-state index < -0.39 is 108 Å². The second-order valence-electron chi connectivity index (χ2n) is 7.36. The van der Waals surface area contributed by atoms with E-state index in [1.807, 2.05) is 6.55 Å². The maximum Gasteiger partial charge on any atom is 0.751 e. The van der Waals surface area contributed by atoms with Crippen LogP contribution in [0.3, 0.4) is 0 Å². The van der Waals surface area contributed by atoms with E-state index in [0.29, 0.717) is 0 Å². The van der Waals surface area contributed by atoms with Gasteiger partial charge in [-0.05, 0) is 19.6 Å². The maximum absolute atomic E-state index is 12.2. The van der Waals surface area contributed by atoms with Crippen molar-refractivity contribution in [3.8, 4) is 0 Å². The first-order valence-electron chi connectivity index (χ1n) is 10.9. The molecule has 0 fully saturated rings. The Morgan fingerprint density at radius 2 is 1.14 bits per heavy atom. The van der Waals surface area contributed by atoms with Crippen LogP contribution < -0.4 is 0 Å². The van der Waals surface area contributed by atoms with E-state index in [-0.39, 0.29) is 0 Å². The van der Waals surface area contributed by atoms with Gasteiger partial charge in [-0.25, -0.2) is 0 Å². The molecule has 31 heteroatoms. The number of methoxy groups -OCH3 is 1. The van der Waals surface area contributed by atoms with Crippen LogP contribution >= 0.6 is 0 Å². The molecule has 0 aromatic rings. The zero-order valence-corrected chi connectivity index (χ0v) is 38.0. The van der Waals surface area contributed by atoms with Gasteiger partial charge in [0.25, 0.3) is 0 Å². The molecule has 0 bridgehead atoms. The van der Waals surface area contributed by atoms with Crippen molar-refractivity contribution >= 4 is 108 Å². The molecule has 0 amide bonds. The second-order valence-corrected chi connectivity index (χ2v) is 58.5. The number of ether oxygens (including phenoxy) is 1. The average molecular weight is 819 g/mol. The van der Waals surface area contributed by atoms with Crippen molar-refractivity contribution in [3.63, 3.8) is 0 Å². The SMILES string of the molecule is C=C[SiH](C)O[Si](=O)OC.COC.CO[Si](OC)(OC)O[SiH2][Si](=O)[Si](=O)[Si](=O)[Si](=O)[Si](=O)[Si](=O)[Si](=O)[Si](C)(C)O.O=[Si]=O. The van der Waals surface area contributed by atoms with Crippen LogP contribution in [0.2, 0.25) is 19.6 Å². The Kier molecular flexibility index (Phi) is 31.7. The van der Waals surface area contributed by atoms with Crippen molar-refractivity contribution in [1.29, 1.82) is 0 Å². The van der Waals surface area contributed by atoms with Gasteiger partial charge in [-0.3, -0.25) is 13.4 Å². The van der Waals surface area contributed by atoms with Crippen LogP contribution in [0.4, 0.5) is 0 Å². The zero-order chi connectivity index (χ0) is 34.3. The van der Waals surface area contributed by atoms with Crippen molar-refractivity contribution in [2.45, 2.75) is 19.6 Å². The largest absolute Gasteiger partial charge is 0.751 e. The maximum atomic E-state index is 12.2. The molecule has 0 aliphatic carbocycles. The molecule has 238 valence electrons. The van der Waals surface area contributed by atoms with Gasteiger partial charge in [-0.1, -0.05) is 5.70 Å². The van der Waals surface area contributed by atoms with Gasteiger partial charge in [-0.2, -0.15) is 0 Å². The molecule has 0 saturated carbocycles. The topological polar surface area (TPSA) is 256 Å². The van der Waals surface area contributed by atoms with Gasteiger partial charge < -0.3 is 66.7 Å². The van der Waals surface area contributed by atoms with E-state index >= 15 is 0 Å². The lowest BCUT2D eigenvalue weighted by atomic mass is 11.3. The Balaban J connectivity index is -0.000000395. The van der Waals surface area contributed by atoms with Gasteiger partial charge >= 0.3 is 81.5 Å². The van der Waals surface area contributed by atoms with Crippen molar-refractivity contribution in [2.75, 3.05) is 42.7 Å². The molecule has 0 aromatic heterocycles. The van der Waals surface area contributed by atoms with Crippen molar-refractivity contribution in [1.82, 2.24) is 0 Å². The standard InChI is InChI=1S/C5H18O12Si10.C4H10O3Si2.C2H6O.O2Si/c1-14-27(15-2,16-3)17-18-19(6)20(7)21(8)22(9)23(10)24(11)25(12)26(4,5)13;1-4-8(3)7-9(5)6-2;2*1-3-2/h13H,18H2,1-5H3;4,8H,1H2,2-3H3;1-2H3;. The average Bonchev–Trinajstić information content (AvgIpc) is 2.96. The normalized spacial score (nSPS) is 10.9. The lowest BCUT2D eigenvalue weighted by Gasteiger charge is -2.22. The highest BCUT2D eigenvalue weighted by molar-refractivity contribution is 7.75. The van der Waals surface area contributed by atoms with Crippen molar-refractivity contribution in [3.05, 3.63) is 12.3 Å². The molecule has 0 rings (SSSR count). The highest BCUT2D eigenvalue weighted by atomic mass is 30.0. The molecule has 1 atom stereocenters. The van der Waals surface area contributed by atoms with Gasteiger partial charge in [0.05, 0.1) is 7.11 Å². The molecule has 42 heavy (non-hydrogen) atoms. The summed E-state index contributed by atoms with van der Waals surface area (Å²) < 4.78 is 146. The monoisotopic (exact) mass is 818 g/mol. The van der Waals surface area contributed by atoms with Crippen LogP contribution in [0.25, 0.3) is 0 Å². The van der Waals surface area contributed by atoms with Crippen LogP contribution in [0.15, 0.2) is 12.3 Å². The van der Waals surface area contributed by atoms with E-state index in [1.165, 1.54) is 41.5 Å². The van der Waals surface area contributed by atoms with Crippen LogP contribution in [-0.4, -0.2) is 155 Å². The van der Waals surface area contributed by atoms with Crippen molar-refractivity contribution < 1.29 is 80.1 Å². The fourth-order valence-electron chi connectivity index (χ4n) is 1.71. The van der Waals surface area contributed by atoms with Crippen LogP contribution in [0.5, 0.6) is 0 Å². The molecule has 0 aliphatic heterocycles. The summed E-state index contributed by atoms with van der Waals surface area (Å²) in [4.78, 5) is 9.71. The molecule has 0 spiro atoms. The quantitative estimate of drug-likeness (QED) is 0.136. The Bertz CT molecular complexity index is 1010. The fourth-order valence-corrected chi connectivity index (χ4v) is 95.6. The summed E-state index contributed by atoms with van der Waals surface area (Å²) >= 11 is 0. The molecule has 0 saturated heterocycles.